The van der Waals surface area contributed by atoms with Crippen LogP contribution in [0.3, 0.4) is 0 Å². The van der Waals surface area contributed by atoms with Gasteiger partial charge in [-0.05, 0) is 63.2 Å². The van der Waals surface area contributed by atoms with Gasteiger partial charge in [0.15, 0.2) is 5.96 Å². The minimum Gasteiger partial charge on any atom is -0.379 e. The van der Waals surface area contributed by atoms with E-state index in [0.29, 0.717) is 12.6 Å². The van der Waals surface area contributed by atoms with Gasteiger partial charge in [-0.15, -0.1) is 24.0 Å². The van der Waals surface area contributed by atoms with Crippen molar-refractivity contribution in [1.29, 1.82) is 0 Å². The molecule has 0 saturated carbocycles. The van der Waals surface area contributed by atoms with E-state index in [1.807, 2.05) is 0 Å². The summed E-state index contributed by atoms with van der Waals surface area (Å²) in [6, 6.07) is 8.74. The van der Waals surface area contributed by atoms with Crippen LogP contribution in [0.25, 0.3) is 0 Å². The lowest BCUT2D eigenvalue weighted by atomic mass is 10.1. The zero-order valence-corrected chi connectivity index (χ0v) is 21.4. The maximum atomic E-state index is 5.75. The molecule has 1 aromatic rings. The van der Waals surface area contributed by atoms with Crippen molar-refractivity contribution in [2.45, 2.75) is 64.6 Å². The molecule has 0 amide bonds. The van der Waals surface area contributed by atoms with Gasteiger partial charge in [-0.2, -0.15) is 0 Å². The molecule has 2 N–H and O–H groups in total. The quantitative estimate of drug-likeness (QED) is 0.191. The number of hydrogen-bond donors (Lipinski definition) is 2. The normalized spacial score (nSPS) is 19.8. The Kier molecular flexibility index (Phi) is 13.5. The van der Waals surface area contributed by atoms with E-state index in [1.165, 1.54) is 49.9 Å². The third-order valence-corrected chi connectivity index (χ3v) is 5.80. The van der Waals surface area contributed by atoms with Crippen molar-refractivity contribution in [3.05, 3.63) is 35.4 Å². The van der Waals surface area contributed by atoms with Crippen molar-refractivity contribution in [3.63, 3.8) is 0 Å². The Morgan fingerprint density at radius 2 is 1.94 bits per heavy atom. The number of rotatable bonds is 11. The molecule has 31 heavy (non-hydrogen) atoms. The Labute approximate surface area is 205 Å². The second kappa shape index (κ2) is 15.8. The van der Waals surface area contributed by atoms with Crippen LogP contribution in [0.2, 0.25) is 0 Å². The summed E-state index contributed by atoms with van der Waals surface area (Å²) in [4.78, 5) is 7.41. The summed E-state index contributed by atoms with van der Waals surface area (Å²) in [5.41, 5.74) is 2.72. The highest BCUT2D eigenvalue weighted by molar-refractivity contribution is 14.0. The van der Waals surface area contributed by atoms with E-state index >= 15 is 0 Å². The third-order valence-electron chi connectivity index (χ3n) is 5.80. The highest BCUT2D eigenvalue weighted by atomic mass is 127. The number of benzene rings is 1. The molecule has 1 atom stereocenters. The monoisotopic (exact) mass is 544 g/mol. The Morgan fingerprint density at radius 1 is 1.13 bits per heavy atom. The van der Waals surface area contributed by atoms with Crippen LogP contribution in [0.5, 0.6) is 0 Å². The van der Waals surface area contributed by atoms with E-state index in [-0.39, 0.29) is 24.0 Å². The number of aliphatic imine (C=N–C) groups is 1. The summed E-state index contributed by atoms with van der Waals surface area (Å²) < 4.78 is 11.3. The zero-order valence-electron chi connectivity index (χ0n) is 19.1. The lowest BCUT2D eigenvalue weighted by Crippen LogP contribution is -2.38. The fraction of sp³-hybridized carbons (Fsp3) is 0.708. The minimum atomic E-state index is 0. The number of nitrogens with zero attached hydrogens (tertiary/aromatic N) is 2. The molecule has 0 spiro atoms. The standard InChI is InChI=1S/C24H40N4O2.HI/c1-2-25-24(26-13-9-16-29-20-23-12-8-17-30-23)27-18-21-10-4-5-11-22(21)19-28-14-6-3-7-15-28;/h4-5,10-11,23H,2-3,6-9,12-20H2,1H3,(H2,25,26,27);1H. The van der Waals surface area contributed by atoms with Crippen molar-refractivity contribution in [3.8, 4) is 0 Å². The first-order valence-corrected chi connectivity index (χ1v) is 11.9. The fourth-order valence-electron chi connectivity index (χ4n) is 4.10. The zero-order chi connectivity index (χ0) is 20.9. The van der Waals surface area contributed by atoms with Crippen LogP contribution in [0.1, 0.15) is 56.6 Å². The number of piperidine rings is 1. The Hall–Kier alpha value is -0.900. The molecule has 7 heteroatoms. The van der Waals surface area contributed by atoms with Gasteiger partial charge in [0.2, 0.25) is 0 Å². The molecule has 6 nitrogen and oxygen atoms in total. The van der Waals surface area contributed by atoms with Gasteiger partial charge in [0.1, 0.15) is 0 Å². The molecule has 3 rings (SSSR count). The van der Waals surface area contributed by atoms with Crippen LogP contribution in [0.4, 0.5) is 0 Å². The topological polar surface area (TPSA) is 58.1 Å². The van der Waals surface area contributed by atoms with E-state index in [0.717, 1.165) is 58.3 Å². The first-order valence-electron chi connectivity index (χ1n) is 11.9. The number of ether oxygens (including phenoxy) is 2. The highest BCUT2D eigenvalue weighted by Gasteiger charge is 2.15. The summed E-state index contributed by atoms with van der Waals surface area (Å²) in [7, 11) is 0. The van der Waals surface area contributed by atoms with Gasteiger partial charge in [-0.25, -0.2) is 4.99 Å². The number of likely N-dealkylation sites (tertiary alicyclic amines) is 1. The SMILES string of the molecule is CCNC(=NCc1ccccc1CN1CCCCC1)NCCCOCC1CCCO1.I. The number of halogens is 1. The molecule has 0 aromatic heterocycles. The van der Waals surface area contributed by atoms with Gasteiger partial charge < -0.3 is 20.1 Å². The van der Waals surface area contributed by atoms with Crippen molar-refractivity contribution in [2.24, 2.45) is 4.99 Å². The predicted octanol–water partition coefficient (Wildman–Crippen LogP) is 3.93. The number of nitrogens with one attached hydrogen (secondary N) is 2. The lowest BCUT2D eigenvalue weighted by Gasteiger charge is -2.27. The Morgan fingerprint density at radius 3 is 2.68 bits per heavy atom. The van der Waals surface area contributed by atoms with E-state index in [9.17, 15) is 0 Å². The summed E-state index contributed by atoms with van der Waals surface area (Å²) in [5.74, 6) is 0.879. The third kappa shape index (κ3) is 10.1. The minimum absolute atomic E-state index is 0. The molecule has 2 saturated heterocycles. The van der Waals surface area contributed by atoms with Crippen molar-refractivity contribution in [2.75, 3.05) is 46.0 Å². The Balaban J connectivity index is 0.00000341. The molecule has 2 aliphatic heterocycles. The second-order valence-corrected chi connectivity index (χ2v) is 8.29. The molecule has 0 aliphatic carbocycles. The molecule has 0 bridgehead atoms. The highest BCUT2D eigenvalue weighted by Crippen LogP contribution is 2.17. The van der Waals surface area contributed by atoms with Crippen LogP contribution in [0, 0.1) is 0 Å². The van der Waals surface area contributed by atoms with Crippen LogP contribution in [-0.2, 0) is 22.6 Å². The molecule has 2 aliphatic rings. The summed E-state index contributed by atoms with van der Waals surface area (Å²) in [6.07, 6.45) is 7.59. The first kappa shape index (κ1) is 26.4. The Bertz CT molecular complexity index is 632. The second-order valence-electron chi connectivity index (χ2n) is 8.29. The van der Waals surface area contributed by atoms with Gasteiger partial charge in [-0.1, -0.05) is 30.7 Å². The van der Waals surface area contributed by atoms with Gasteiger partial charge in [-0.3, -0.25) is 4.90 Å². The number of hydrogen-bond acceptors (Lipinski definition) is 4. The first-order chi connectivity index (χ1) is 14.8. The van der Waals surface area contributed by atoms with Crippen molar-refractivity contribution < 1.29 is 9.47 Å². The smallest absolute Gasteiger partial charge is 0.191 e. The molecular formula is C24H41IN4O2. The largest absolute Gasteiger partial charge is 0.379 e. The molecule has 1 aromatic carbocycles. The van der Waals surface area contributed by atoms with Gasteiger partial charge >= 0.3 is 0 Å². The predicted molar refractivity (Wildman–Crippen MR) is 138 cm³/mol. The summed E-state index contributed by atoms with van der Waals surface area (Å²) in [6.45, 7) is 10.4. The molecule has 1 unspecified atom stereocenters. The van der Waals surface area contributed by atoms with Crippen molar-refractivity contribution in [1.82, 2.24) is 15.5 Å². The van der Waals surface area contributed by atoms with Crippen molar-refractivity contribution >= 4 is 29.9 Å². The number of guanidine groups is 1. The van der Waals surface area contributed by atoms with E-state index in [1.54, 1.807) is 0 Å². The van der Waals surface area contributed by atoms with Crippen LogP contribution >= 0.6 is 24.0 Å². The molecule has 176 valence electrons. The van der Waals surface area contributed by atoms with Crippen LogP contribution in [-0.4, -0.2) is 63.0 Å². The average Bonchev–Trinajstić information content (AvgIpc) is 3.29. The summed E-state index contributed by atoms with van der Waals surface area (Å²) in [5, 5.41) is 6.79. The molecular weight excluding hydrogens is 503 g/mol. The van der Waals surface area contributed by atoms with Crippen LogP contribution < -0.4 is 10.6 Å². The van der Waals surface area contributed by atoms with Gasteiger partial charge in [0.25, 0.3) is 0 Å². The molecule has 0 radical (unpaired) electrons. The van der Waals surface area contributed by atoms with E-state index in [4.69, 9.17) is 14.5 Å². The molecule has 2 heterocycles. The maximum Gasteiger partial charge on any atom is 0.191 e. The molecule has 2 fully saturated rings. The van der Waals surface area contributed by atoms with E-state index < -0.39 is 0 Å². The lowest BCUT2D eigenvalue weighted by molar-refractivity contribution is 0.0168. The van der Waals surface area contributed by atoms with E-state index in [2.05, 4.69) is 46.7 Å². The fourth-order valence-corrected chi connectivity index (χ4v) is 4.10. The summed E-state index contributed by atoms with van der Waals surface area (Å²) >= 11 is 0. The average molecular weight is 545 g/mol. The van der Waals surface area contributed by atoms with Gasteiger partial charge in [0, 0.05) is 32.8 Å². The maximum absolute atomic E-state index is 5.75. The van der Waals surface area contributed by atoms with Crippen LogP contribution in [0.15, 0.2) is 29.3 Å². The van der Waals surface area contributed by atoms with Gasteiger partial charge in [0.05, 0.1) is 19.3 Å².